The number of amides is 1. The van der Waals surface area contributed by atoms with Crippen LogP contribution in [0.15, 0.2) is 24.3 Å². The normalized spacial score (nSPS) is 10.5. The lowest BCUT2D eigenvalue weighted by molar-refractivity contribution is -0.120. The highest BCUT2D eigenvalue weighted by molar-refractivity contribution is 5.91. The van der Waals surface area contributed by atoms with Crippen molar-refractivity contribution in [2.24, 2.45) is 0 Å². The van der Waals surface area contributed by atoms with E-state index in [1.165, 1.54) is 5.56 Å². The first-order valence-electron chi connectivity index (χ1n) is 5.61. The lowest BCUT2D eigenvalue weighted by Crippen LogP contribution is -2.18. The molecule has 1 amide bonds. The van der Waals surface area contributed by atoms with Gasteiger partial charge in [-0.25, -0.2) is 0 Å². The van der Waals surface area contributed by atoms with Crippen LogP contribution in [0.2, 0.25) is 0 Å². The van der Waals surface area contributed by atoms with E-state index in [1.807, 2.05) is 25.1 Å². The van der Waals surface area contributed by atoms with Crippen LogP contribution >= 0.6 is 0 Å². The SMILES string of the molecule is CCOCC(=O)Nc1cccc(C(C)C)c1. The standard InChI is InChI=1S/C13H19NO2/c1-4-16-9-13(15)14-12-7-5-6-11(8-12)10(2)3/h5-8,10H,4,9H2,1-3H3,(H,14,15). The molecule has 0 aliphatic carbocycles. The van der Waals surface area contributed by atoms with Crippen LogP contribution in [0.1, 0.15) is 32.3 Å². The van der Waals surface area contributed by atoms with Crippen LogP contribution < -0.4 is 5.32 Å². The fourth-order valence-electron chi connectivity index (χ4n) is 1.37. The third-order valence-electron chi connectivity index (χ3n) is 2.27. The summed E-state index contributed by atoms with van der Waals surface area (Å²) in [5.74, 6) is 0.353. The predicted octanol–water partition coefficient (Wildman–Crippen LogP) is 2.79. The first kappa shape index (κ1) is 12.7. The average Bonchev–Trinajstić information content (AvgIpc) is 2.26. The van der Waals surface area contributed by atoms with Gasteiger partial charge in [-0.3, -0.25) is 4.79 Å². The number of nitrogens with one attached hydrogen (secondary N) is 1. The van der Waals surface area contributed by atoms with Gasteiger partial charge in [-0.05, 0) is 30.5 Å². The van der Waals surface area contributed by atoms with Gasteiger partial charge in [-0.1, -0.05) is 26.0 Å². The molecular formula is C13H19NO2. The Bertz CT molecular complexity index is 348. The third-order valence-corrected chi connectivity index (χ3v) is 2.27. The number of carbonyl (C=O) groups excluding carboxylic acids is 1. The smallest absolute Gasteiger partial charge is 0.250 e. The van der Waals surface area contributed by atoms with E-state index < -0.39 is 0 Å². The van der Waals surface area contributed by atoms with E-state index in [1.54, 1.807) is 0 Å². The monoisotopic (exact) mass is 221 g/mol. The summed E-state index contributed by atoms with van der Waals surface area (Å²) in [5, 5.41) is 2.81. The van der Waals surface area contributed by atoms with Gasteiger partial charge in [0.05, 0.1) is 0 Å². The summed E-state index contributed by atoms with van der Waals surface area (Å²) in [5.41, 5.74) is 2.05. The molecule has 1 aromatic rings. The van der Waals surface area contributed by atoms with E-state index in [2.05, 4.69) is 25.2 Å². The van der Waals surface area contributed by atoms with Crippen LogP contribution in [-0.2, 0) is 9.53 Å². The number of hydrogen-bond acceptors (Lipinski definition) is 2. The maximum atomic E-state index is 11.4. The molecule has 88 valence electrons. The lowest BCUT2D eigenvalue weighted by Gasteiger charge is -2.09. The van der Waals surface area contributed by atoms with Crippen molar-refractivity contribution in [2.75, 3.05) is 18.5 Å². The number of ether oxygens (including phenoxy) is 1. The Morgan fingerprint density at radius 1 is 1.44 bits per heavy atom. The lowest BCUT2D eigenvalue weighted by atomic mass is 10.0. The van der Waals surface area contributed by atoms with Gasteiger partial charge in [-0.2, -0.15) is 0 Å². The minimum Gasteiger partial charge on any atom is -0.372 e. The molecule has 0 aliphatic heterocycles. The van der Waals surface area contributed by atoms with Crippen molar-refractivity contribution >= 4 is 11.6 Å². The number of carbonyl (C=O) groups is 1. The Kier molecular flexibility index (Phi) is 4.99. The molecule has 0 bridgehead atoms. The summed E-state index contributed by atoms with van der Waals surface area (Å²) in [6, 6.07) is 7.89. The molecule has 0 saturated heterocycles. The van der Waals surface area contributed by atoms with Crippen LogP contribution in [0.3, 0.4) is 0 Å². The van der Waals surface area contributed by atoms with E-state index in [0.29, 0.717) is 12.5 Å². The van der Waals surface area contributed by atoms with E-state index in [0.717, 1.165) is 5.69 Å². The highest BCUT2D eigenvalue weighted by Gasteiger charge is 2.04. The van der Waals surface area contributed by atoms with E-state index >= 15 is 0 Å². The van der Waals surface area contributed by atoms with Crippen LogP contribution in [0.4, 0.5) is 5.69 Å². The fraction of sp³-hybridized carbons (Fsp3) is 0.462. The van der Waals surface area contributed by atoms with Crippen molar-refractivity contribution in [1.82, 2.24) is 0 Å². The van der Waals surface area contributed by atoms with Crippen LogP contribution in [-0.4, -0.2) is 19.1 Å². The second kappa shape index (κ2) is 6.28. The molecule has 1 N–H and O–H groups in total. The largest absolute Gasteiger partial charge is 0.372 e. The molecule has 1 aromatic carbocycles. The first-order chi connectivity index (χ1) is 7.63. The number of rotatable bonds is 5. The van der Waals surface area contributed by atoms with Gasteiger partial charge in [0.25, 0.3) is 0 Å². The molecular weight excluding hydrogens is 202 g/mol. The zero-order valence-corrected chi connectivity index (χ0v) is 10.1. The molecule has 0 fully saturated rings. The molecule has 0 aromatic heterocycles. The van der Waals surface area contributed by atoms with Gasteiger partial charge < -0.3 is 10.1 Å². The van der Waals surface area contributed by atoms with Crippen LogP contribution in [0.5, 0.6) is 0 Å². The Labute approximate surface area is 96.8 Å². The zero-order valence-electron chi connectivity index (χ0n) is 10.1. The predicted molar refractivity (Wildman–Crippen MR) is 65.7 cm³/mol. The summed E-state index contributed by atoms with van der Waals surface area (Å²) in [7, 11) is 0. The number of hydrogen-bond donors (Lipinski definition) is 1. The van der Waals surface area contributed by atoms with Gasteiger partial charge in [-0.15, -0.1) is 0 Å². The first-order valence-corrected chi connectivity index (χ1v) is 5.61. The number of benzene rings is 1. The molecule has 3 heteroatoms. The minimum atomic E-state index is -0.109. The highest BCUT2D eigenvalue weighted by atomic mass is 16.5. The minimum absolute atomic E-state index is 0.109. The van der Waals surface area contributed by atoms with Gasteiger partial charge in [0, 0.05) is 12.3 Å². The second-order valence-electron chi connectivity index (χ2n) is 3.97. The fourth-order valence-corrected chi connectivity index (χ4v) is 1.37. The van der Waals surface area contributed by atoms with E-state index in [4.69, 9.17) is 4.74 Å². The Morgan fingerprint density at radius 2 is 2.19 bits per heavy atom. The molecule has 0 saturated carbocycles. The summed E-state index contributed by atoms with van der Waals surface area (Å²) < 4.78 is 5.03. The van der Waals surface area contributed by atoms with Crippen molar-refractivity contribution in [2.45, 2.75) is 26.7 Å². The quantitative estimate of drug-likeness (QED) is 0.830. The number of anilines is 1. The summed E-state index contributed by atoms with van der Waals surface area (Å²) >= 11 is 0. The van der Waals surface area contributed by atoms with Gasteiger partial charge in [0.1, 0.15) is 6.61 Å². The van der Waals surface area contributed by atoms with Crippen molar-refractivity contribution < 1.29 is 9.53 Å². The highest BCUT2D eigenvalue weighted by Crippen LogP contribution is 2.18. The average molecular weight is 221 g/mol. The second-order valence-corrected chi connectivity index (χ2v) is 3.97. The molecule has 0 spiro atoms. The maximum Gasteiger partial charge on any atom is 0.250 e. The van der Waals surface area contributed by atoms with Crippen molar-refractivity contribution in [3.05, 3.63) is 29.8 Å². The molecule has 0 atom stereocenters. The Balaban J connectivity index is 2.59. The maximum absolute atomic E-state index is 11.4. The molecule has 0 radical (unpaired) electrons. The molecule has 0 unspecified atom stereocenters. The Morgan fingerprint density at radius 3 is 2.81 bits per heavy atom. The van der Waals surface area contributed by atoms with E-state index in [9.17, 15) is 4.79 Å². The summed E-state index contributed by atoms with van der Waals surface area (Å²) in [6.07, 6.45) is 0. The van der Waals surface area contributed by atoms with E-state index in [-0.39, 0.29) is 12.5 Å². The molecule has 0 aliphatic rings. The van der Waals surface area contributed by atoms with Crippen LogP contribution in [0, 0.1) is 0 Å². The van der Waals surface area contributed by atoms with Crippen molar-refractivity contribution in [1.29, 1.82) is 0 Å². The Hall–Kier alpha value is -1.35. The topological polar surface area (TPSA) is 38.3 Å². The van der Waals surface area contributed by atoms with Gasteiger partial charge in [0.15, 0.2) is 0 Å². The molecule has 1 rings (SSSR count). The third kappa shape index (κ3) is 4.03. The van der Waals surface area contributed by atoms with Gasteiger partial charge >= 0.3 is 0 Å². The zero-order chi connectivity index (χ0) is 12.0. The summed E-state index contributed by atoms with van der Waals surface area (Å²) in [6.45, 7) is 6.79. The van der Waals surface area contributed by atoms with Crippen molar-refractivity contribution in [3.8, 4) is 0 Å². The molecule has 3 nitrogen and oxygen atoms in total. The molecule has 0 heterocycles. The van der Waals surface area contributed by atoms with Gasteiger partial charge in [0.2, 0.25) is 5.91 Å². The summed E-state index contributed by atoms with van der Waals surface area (Å²) in [4.78, 5) is 11.4. The van der Waals surface area contributed by atoms with Crippen LogP contribution in [0.25, 0.3) is 0 Å². The molecule has 16 heavy (non-hydrogen) atoms. The van der Waals surface area contributed by atoms with Crippen molar-refractivity contribution in [3.63, 3.8) is 0 Å².